The normalized spacial score (nSPS) is 16.0. The second-order valence-electron chi connectivity index (χ2n) is 7.11. The van der Waals surface area contributed by atoms with Gasteiger partial charge in [0.1, 0.15) is 5.75 Å². The van der Waals surface area contributed by atoms with Gasteiger partial charge in [0.05, 0.1) is 16.1 Å². The monoisotopic (exact) mass is 480 g/mol. The Kier molecular flexibility index (Phi) is 5.31. The van der Waals surface area contributed by atoms with E-state index in [1.165, 1.54) is 41.5 Å². The van der Waals surface area contributed by atoms with Crippen LogP contribution >= 0.6 is 31.9 Å². The SMILES string of the molecule is COc1c(Br)cc2c(c1-c1c3c(cc(Br)c1OO)CCCC3)CCCC2. The molecule has 0 bridgehead atoms. The van der Waals surface area contributed by atoms with Gasteiger partial charge < -0.3 is 9.62 Å². The molecule has 4 rings (SSSR count). The zero-order valence-electron chi connectivity index (χ0n) is 14.8. The zero-order valence-corrected chi connectivity index (χ0v) is 18.0. The van der Waals surface area contributed by atoms with Crippen LogP contribution in [-0.4, -0.2) is 12.4 Å². The molecule has 0 spiro atoms. The van der Waals surface area contributed by atoms with Crippen LogP contribution in [-0.2, 0) is 25.7 Å². The first kappa shape index (κ1) is 18.3. The molecular formula is C21H22Br2O3. The maximum Gasteiger partial charge on any atom is 0.187 e. The number of hydrogen-bond acceptors (Lipinski definition) is 3. The Balaban J connectivity index is 2.10. The Hall–Kier alpha value is -1.04. The van der Waals surface area contributed by atoms with Gasteiger partial charge >= 0.3 is 0 Å². The lowest BCUT2D eigenvalue weighted by atomic mass is 9.80. The van der Waals surface area contributed by atoms with E-state index in [9.17, 15) is 5.26 Å². The van der Waals surface area contributed by atoms with Gasteiger partial charge in [0.2, 0.25) is 0 Å². The van der Waals surface area contributed by atoms with Gasteiger partial charge in [0.15, 0.2) is 5.75 Å². The minimum Gasteiger partial charge on any atom is -0.495 e. The van der Waals surface area contributed by atoms with Crippen LogP contribution in [0, 0.1) is 0 Å². The standard InChI is InChI=1S/C21H22Br2O3/c1-25-20-16(22)10-12-6-2-4-8-14(12)18(20)19-15-9-5-3-7-13(15)11-17(23)21(19)26-24/h10-11,24H,2-9H2,1H3. The molecule has 0 aromatic heterocycles. The summed E-state index contributed by atoms with van der Waals surface area (Å²) in [6.45, 7) is 0. The summed E-state index contributed by atoms with van der Waals surface area (Å²) in [6.07, 6.45) is 8.92. The van der Waals surface area contributed by atoms with Crippen molar-refractivity contribution >= 4 is 31.9 Å². The van der Waals surface area contributed by atoms with Crippen LogP contribution in [0.2, 0.25) is 0 Å². The fourth-order valence-corrected chi connectivity index (χ4v) is 5.70. The maximum atomic E-state index is 9.72. The average Bonchev–Trinajstić information content (AvgIpc) is 2.66. The molecule has 26 heavy (non-hydrogen) atoms. The smallest absolute Gasteiger partial charge is 0.187 e. The highest BCUT2D eigenvalue weighted by atomic mass is 79.9. The Bertz CT molecular complexity index is 790. The minimum absolute atomic E-state index is 0.495. The van der Waals surface area contributed by atoms with Gasteiger partial charge in [0.25, 0.3) is 0 Å². The molecule has 0 fully saturated rings. The Morgan fingerprint density at radius 2 is 1.23 bits per heavy atom. The Morgan fingerprint density at radius 3 is 1.73 bits per heavy atom. The van der Waals surface area contributed by atoms with E-state index >= 15 is 0 Å². The number of rotatable bonds is 3. The van der Waals surface area contributed by atoms with Gasteiger partial charge in [-0.05, 0) is 118 Å². The molecule has 2 aliphatic rings. The predicted molar refractivity (Wildman–Crippen MR) is 110 cm³/mol. The topological polar surface area (TPSA) is 38.7 Å². The zero-order chi connectivity index (χ0) is 18.3. The quantitative estimate of drug-likeness (QED) is 0.401. The van der Waals surface area contributed by atoms with Crippen LogP contribution in [0.15, 0.2) is 21.1 Å². The first-order valence-electron chi connectivity index (χ1n) is 9.20. The number of benzene rings is 2. The second kappa shape index (κ2) is 7.53. The molecule has 0 radical (unpaired) electrons. The number of hydrogen-bond donors (Lipinski definition) is 1. The third-order valence-corrected chi connectivity index (χ3v) is 6.84. The first-order chi connectivity index (χ1) is 12.7. The molecule has 0 unspecified atom stereocenters. The number of halogens is 2. The third kappa shape index (κ3) is 2.98. The molecule has 0 saturated carbocycles. The molecule has 2 aromatic rings. The molecule has 0 heterocycles. The van der Waals surface area contributed by atoms with E-state index in [1.807, 2.05) is 0 Å². The van der Waals surface area contributed by atoms with Gasteiger partial charge in [-0.3, -0.25) is 0 Å². The van der Waals surface area contributed by atoms with Crippen molar-refractivity contribution in [2.24, 2.45) is 0 Å². The summed E-state index contributed by atoms with van der Waals surface area (Å²) in [6, 6.07) is 4.29. The van der Waals surface area contributed by atoms with Crippen molar-refractivity contribution in [1.29, 1.82) is 0 Å². The van der Waals surface area contributed by atoms with Crippen molar-refractivity contribution < 1.29 is 14.9 Å². The lowest BCUT2D eigenvalue weighted by Gasteiger charge is -2.28. The van der Waals surface area contributed by atoms with Crippen molar-refractivity contribution in [3.05, 3.63) is 43.3 Å². The van der Waals surface area contributed by atoms with Crippen LogP contribution in [0.3, 0.4) is 0 Å². The van der Waals surface area contributed by atoms with Gasteiger partial charge in [0, 0.05) is 11.1 Å². The summed E-state index contributed by atoms with van der Waals surface area (Å²) in [5.74, 6) is 1.32. The van der Waals surface area contributed by atoms with Crippen molar-refractivity contribution in [2.75, 3.05) is 7.11 Å². The molecular weight excluding hydrogens is 460 g/mol. The van der Waals surface area contributed by atoms with Gasteiger partial charge in [-0.15, -0.1) is 0 Å². The Labute approximate surface area is 170 Å². The average molecular weight is 482 g/mol. The molecule has 2 aliphatic carbocycles. The number of ether oxygens (including phenoxy) is 1. The number of methoxy groups -OCH3 is 1. The molecule has 0 aliphatic heterocycles. The Morgan fingerprint density at radius 1 is 0.769 bits per heavy atom. The lowest BCUT2D eigenvalue weighted by molar-refractivity contribution is -0.137. The van der Waals surface area contributed by atoms with E-state index in [2.05, 4.69) is 44.0 Å². The molecule has 2 aromatic carbocycles. The summed E-state index contributed by atoms with van der Waals surface area (Å²) in [5, 5.41) is 9.72. The van der Waals surface area contributed by atoms with Gasteiger partial charge in [-0.25, -0.2) is 5.26 Å². The molecule has 0 amide bonds. The summed E-state index contributed by atoms with van der Waals surface area (Å²) in [4.78, 5) is 4.91. The van der Waals surface area contributed by atoms with Crippen molar-refractivity contribution in [3.8, 4) is 22.6 Å². The molecule has 0 saturated heterocycles. The van der Waals surface area contributed by atoms with Crippen LogP contribution in [0.4, 0.5) is 0 Å². The van der Waals surface area contributed by atoms with E-state index in [1.54, 1.807) is 7.11 Å². The number of fused-ring (bicyclic) bond motifs is 2. The number of aryl methyl sites for hydroxylation is 2. The lowest BCUT2D eigenvalue weighted by Crippen LogP contribution is -2.11. The largest absolute Gasteiger partial charge is 0.495 e. The summed E-state index contributed by atoms with van der Waals surface area (Å²) < 4.78 is 7.58. The third-order valence-electron chi connectivity index (χ3n) is 5.66. The molecule has 3 nitrogen and oxygen atoms in total. The van der Waals surface area contributed by atoms with E-state index in [4.69, 9.17) is 9.62 Å². The van der Waals surface area contributed by atoms with Crippen LogP contribution in [0.5, 0.6) is 11.5 Å². The maximum absolute atomic E-state index is 9.72. The molecule has 5 heteroatoms. The fraction of sp³-hybridized carbons (Fsp3) is 0.429. The fourth-order valence-electron chi connectivity index (χ4n) is 4.51. The summed E-state index contributed by atoms with van der Waals surface area (Å²) in [5.41, 5.74) is 7.40. The van der Waals surface area contributed by atoms with Crippen LogP contribution < -0.4 is 9.62 Å². The van der Waals surface area contributed by atoms with Crippen LogP contribution in [0.25, 0.3) is 11.1 Å². The predicted octanol–water partition coefficient (Wildman–Crippen LogP) is 6.50. The van der Waals surface area contributed by atoms with Crippen molar-refractivity contribution in [1.82, 2.24) is 0 Å². The van der Waals surface area contributed by atoms with E-state index < -0.39 is 0 Å². The second-order valence-corrected chi connectivity index (χ2v) is 8.82. The first-order valence-corrected chi connectivity index (χ1v) is 10.8. The van der Waals surface area contributed by atoms with E-state index in [-0.39, 0.29) is 0 Å². The summed E-state index contributed by atoms with van der Waals surface area (Å²) in [7, 11) is 1.71. The highest BCUT2D eigenvalue weighted by Crippen LogP contribution is 2.51. The van der Waals surface area contributed by atoms with Crippen molar-refractivity contribution in [2.45, 2.75) is 51.4 Å². The minimum atomic E-state index is 0.495. The van der Waals surface area contributed by atoms with Gasteiger partial charge in [-0.1, -0.05) is 0 Å². The molecule has 1 N–H and O–H groups in total. The molecule has 0 atom stereocenters. The van der Waals surface area contributed by atoms with Crippen molar-refractivity contribution in [3.63, 3.8) is 0 Å². The van der Waals surface area contributed by atoms with Crippen LogP contribution in [0.1, 0.15) is 47.9 Å². The molecule has 138 valence electrons. The van der Waals surface area contributed by atoms with E-state index in [0.717, 1.165) is 57.9 Å². The van der Waals surface area contributed by atoms with Gasteiger partial charge in [-0.2, -0.15) is 0 Å². The summed E-state index contributed by atoms with van der Waals surface area (Å²) >= 11 is 7.31. The highest BCUT2D eigenvalue weighted by molar-refractivity contribution is 9.11. The highest BCUT2D eigenvalue weighted by Gasteiger charge is 2.29. The van der Waals surface area contributed by atoms with E-state index in [0.29, 0.717) is 5.75 Å².